The van der Waals surface area contributed by atoms with E-state index in [0.29, 0.717) is 26.1 Å². The fourth-order valence-corrected chi connectivity index (χ4v) is 3.97. The Balaban J connectivity index is 1.91. The van der Waals surface area contributed by atoms with Crippen molar-refractivity contribution in [1.82, 2.24) is 9.55 Å². The molecule has 7 heteroatoms. The second kappa shape index (κ2) is 5.79. The molecule has 21 heavy (non-hydrogen) atoms. The molecule has 1 aromatic carbocycles. The van der Waals surface area contributed by atoms with Gasteiger partial charge in [0, 0.05) is 17.8 Å². The van der Waals surface area contributed by atoms with Crippen LogP contribution in [0, 0.1) is 5.82 Å². The smallest absolute Gasteiger partial charge is 0.271 e. The minimum absolute atomic E-state index is 0.0531. The third-order valence-electron chi connectivity index (χ3n) is 3.02. The van der Waals surface area contributed by atoms with Gasteiger partial charge in [0.25, 0.3) is 5.56 Å². The summed E-state index contributed by atoms with van der Waals surface area (Å²) in [5.41, 5.74) is 1.46. The molecule has 3 nitrogen and oxygen atoms in total. The summed E-state index contributed by atoms with van der Waals surface area (Å²) in [4.78, 5) is 16.7. The molecular formula is C14H10ClFN2OS2. The van der Waals surface area contributed by atoms with Crippen molar-refractivity contribution < 1.29 is 4.39 Å². The molecule has 0 N–H and O–H groups in total. The lowest BCUT2D eigenvalue weighted by atomic mass is 10.2. The summed E-state index contributed by atoms with van der Waals surface area (Å²) in [6, 6.07) is 6.13. The molecule has 0 aliphatic heterocycles. The highest BCUT2D eigenvalue weighted by Crippen LogP contribution is 2.27. The Hall–Kier alpha value is -1.37. The van der Waals surface area contributed by atoms with Crippen LogP contribution in [-0.2, 0) is 12.8 Å². The summed E-state index contributed by atoms with van der Waals surface area (Å²) in [6.45, 7) is 0. The van der Waals surface area contributed by atoms with Crippen molar-refractivity contribution in [3.8, 4) is 0 Å². The molecular weight excluding hydrogens is 331 g/mol. The maximum atomic E-state index is 13.0. The molecule has 0 fully saturated rings. The second-order valence-corrected chi connectivity index (χ2v) is 6.68. The average molecular weight is 341 g/mol. The van der Waals surface area contributed by atoms with Crippen LogP contribution in [0.2, 0.25) is 5.02 Å². The van der Waals surface area contributed by atoms with Crippen molar-refractivity contribution in [1.29, 1.82) is 0 Å². The molecule has 0 unspecified atom stereocenters. The van der Waals surface area contributed by atoms with Crippen LogP contribution < -0.4 is 5.56 Å². The van der Waals surface area contributed by atoms with E-state index in [1.807, 2.05) is 11.4 Å². The number of thioether (sulfide) groups is 1. The monoisotopic (exact) mass is 340 g/mol. The Labute approximate surface area is 133 Å². The number of benzene rings is 1. The number of aromatic nitrogens is 2. The summed E-state index contributed by atoms with van der Waals surface area (Å²) in [5.74, 6) is 0.161. The Bertz CT molecular complexity index is 875. The first-order valence-corrected chi connectivity index (χ1v) is 8.31. The topological polar surface area (TPSA) is 34.9 Å². The van der Waals surface area contributed by atoms with Crippen molar-refractivity contribution in [3.05, 3.63) is 56.4 Å². The quantitative estimate of drug-likeness (QED) is 0.532. The number of thiophene rings is 1. The van der Waals surface area contributed by atoms with Gasteiger partial charge in [-0.3, -0.25) is 9.36 Å². The molecule has 0 saturated carbocycles. The van der Waals surface area contributed by atoms with E-state index in [1.165, 1.54) is 39.8 Å². The predicted molar refractivity (Wildman–Crippen MR) is 85.8 cm³/mol. The van der Waals surface area contributed by atoms with Crippen molar-refractivity contribution in [2.75, 3.05) is 0 Å². The van der Waals surface area contributed by atoms with Crippen LogP contribution >= 0.6 is 34.7 Å². The molecule has 2 heterocycles. The van der Waals surface area contributed by atoms with Crippen LogP contribution in [0.1, 0.15) is 5.56 Å². The van der Waals surface area contributed by atoms with Gasteiger partial charge in [0.05, 0.1) is 5.52 Å². The van der Waals surface area contributed by atoms with Crippen molar-refractivity contribution in [2.45, 2.75) is 10.9 Å². The van der Waals surface area contributed by atoms with Crippen LogP contribution in [-0.4, -0.2) is 9.55 Å². The zero-order valence-corrected chi connectivity index (χ0v) is 13.4. The molecule has 0 aliphatic carbocycles. The average Bonchev–Trinajstić information content (AvgIpc) is 2.91. The lowest BCUT2D eigenvalue weighted by Gasteiger charge is -2.08. The van der Waals surface area contributed by atoms with Gasteiger partial charge in [-0.15, -0.1) is 11.3 Å². The number of fused-ring (bicyclic) bond motifs is 1. The Kier molecular flexibility index (Phi) is 4.01. The highest BCUT2D eigenvalue weighted by atomic mass is 35.5. The number of halogens is 2. The zero-order chi connectivity index (χ0) is 15.0. The van der Waals surface area contributed by atoms with Crippen molar-refractivity contribution in [2.24, 2.45) is 7.05 Å². The molecule has 0 radical (unpaired) electrons. The third kappa shape index (κ3) is 2.84. The maximum absolute atomic E-state index is 13.0. The standard InChI is InChI=1S/C14H10ClFN2OS2/c1-18-13(19)12-11(4-5-20-12)17-14(18)21-7-8-2-3-9(16)6-10(8)15/h2-6H,7H2,1H3. The lowest BCUT2D eigenvalue weighted by Crippen LogP contribution is -2.18. The summed E-state index contributed by atoms with van der Waals surface area (Å²) in [7, 11) is 1.70. The summed E-state index contributed by atoms with van der Waals surface area (Å²) in [5, 5.41) is 2.85. The van der Waals surface area contributed by atoms with Crippen molar-refractivity contribution >= 4 is 44.9 Å². The third-order valence-corrected chi connectivity index (χ3v) is 5.34. The summed E-state index contributed by atoms with van der Waals surface area (Å²) < 4.78 is 15.2. The van der Waals surface area contributed by atoms with Gasteiger partial charge < -0.3 is 0 Å². The van der Waals surface area contributed by atoms with Gasteiger partial charge >= 0.3 is 0 Å². The molecule has 0 aliphatic rings. The second-order valence-electron chi connectivity index (χ2n) is 4.42. The molecule has 108 valence electrons. The van der Waals surface area contributed by atoms with E-state index in [4.69, 9.17) is 11.6 Å². The van der Waals surface area contributed by atoms with Gasteiger partial charge in [0.1, 0.15) is 10.5 Å². The van der Waals surface area contributed by atoms with Crippen molar-refractivity contribution in [3.63, 3.8) is 0 Å². The van der Waals surface area contributed by atoms with Crippen LogP contribution in [0.3, 0.4) is 0 Å². The van der Waals surface area contributed by atoms with Gasteiger partial charge in [0.2, 0.25) is 0 Å². The highest BCUT2D eigenvalue weighted by molar-refractivity contribution is 7.98. The first-order chi connectivity index (χ1) is 10.1. The molecule has 2 aromatic heterocycles. The minimum Gasteiger partial charge on any atom is -0.290 e. The highest BCUT2D eigenvalue weighted by Gasteiger charge is 2.11. The molecule has 3 rings (SSSR count). The van der Waals surface area contributed by atoms with E-state index < -0.39 is 0 Å². The fraction of sp³-hybridized carbons (Fsp3) is 0.143. The van der Waals surface area contributed by atoms with Crippen LogP contribution in [0.15, 0.2) is 39.6 Å². The molecule has 0 bridgehead atoms. The van der Waals surface area contributed by atoms with Crippen LogP contribution in [0.4, 0.5) is 4.39 Å². The van der Waals surface area contributed by atoms with E-state index in [0.717, 1.165) is 5.56 Å². The predicted octanol–water partition coefficient (Wildman–Crippen LogP) is 4.08. The fourth-order valence-electron chi connectivity index (χ4n) is 1.88. The first-order valence-electron chi connectivity index (χ1n) is 6.07. The SMILES string of the molecule is Cn1c(SCc2ccc(F)cc2Cl)nc2ccsc2c1=O. The number of hydrogen-bond donors (Lipinski definition) is 0. The van der Waals surface area contributed by atoms with Crippen LogP contribution in [0.5, 0.6) is 0 Å². The summed E-state index contributed by atoms with van der Waals surface area (Å²) >= 11 is 8.79. The normalized spacial score (nSPS) is 11.2. The summed E-state index contributed by atoms with van der Waals surface area (Å²) in [6.07, 6.45) is 0. The van der Waals surface area contributed by atoms with Gasteiger partial charge in [0.15, 0.2) is 5.16 Å². The van der Waals surface area contributed by atoms with E-state index in [2.05, 4.69) is 4.98 Å². The number of rotatable bonds is 3. The first kappa shape index (κ1) is 14.6. The van der Waals surface area contributed by atoms with Gasteiger partial charge in [-0.2, -0.15) is 0 Å². The Morgan fingerprint density at radius 3 is 3.00 bits per heavy atom. The number of hydrogen-bond acceptors (Lipinski definition) is 4. The zero-order valence-electron chi connectivity index (χ0n) is 11.0. The molecule has 0 atom stereocenters. The molecule has 3 aromatic rings. The lowest BCUT2D eigenvalue weighted by molar-refractivity contribution is 0.627. The Morgan fingerprint density at radius 2 is 2.24 bits per heavy atom. The van der Waals surface area contributed by atoms with Crippen LogP contribution in [0.25, 0.3) is 10.2 Å². The van der Waals surface area contributed by atoms with Gasteiger partial charge in [-0.25, -0.2) is 9.37 Å². The molecule has 0 spiro atoms. The van der Waals surface area contributed by atoms with E-state index in [-0.39, 0.29) is 11.4 Å². The largest absolute Gasteiger partial charge is 0.290 e. The maximum Gasteiger partial charge on any atom is 0.271 e. The molecule has 0 amide bonds. The van der Waals surface area contributed by atoms with Gasteiger partial charge in [-0.05, 0) is 29.1 Å². The van der Waals surface area contributed by atoms with E-state index in [1.54, 1.807) is 13.1 Å². The van der Waals surface area contributed by atoms with E-state index in [9.17, 15) is 9.18 Å². The van der Waals surface area contributed by atoms with Gasteiger partial charge in [-0.1, -0.05) is 29.4 Å². The Morgan fingerprint density at radius 1 is 1.43 bits per heavy atom. The van der Waals surface area contributed by atoms with E-state index >= 15 is 0 Å². The molecule has 0 saturated heterocycles. The minimum atomic E-state index is -0.362. The number of nitrogens with zero attached hydrogens (tertiary/aromatic N) is 2.